The molecule has 194 valence electrons. The molecule has 3 fully saturated rings. The molecule has 1 aromatic heterocycles. The lowest BCUT2D eigenvalue weighted by atomic mass is 9.94. The predicted octanol–water partition coefficient (Wildman–Crippen LogP) is 2.64. The lowest BCUT2D eigenvalue weighted by Crippen LogP contribution is -2.41. The average molecular weight is 516 g/mol. The second-order valence-corrected chi connectivity index (χ2v) is 10.4. The molecule has 9 nitrogen and oxygen atoms in total. The fraction of sp³-hybridized carbons (Fsp3) is 0.577. The summed E-state index contributed by atoms with van der Waals surface area (Å²) in [4.78, 5) is 26.7. The monoisotopic (exact) mass is 515 g/mol. The summed E-state index contributed by atoms with van der Waals surface area (Å²) >= 11 is 6.25. The number of carbonyl (C=O) groups is 1. The minimum atomic E-state index is -0.256. The van der Waals surface area contributed by atoms with E-state index in [4.69, 9.17) is 21.1 Å². The maximum atomic E-state index is 13.1. The van der Waals surface area contributed by atoms with E-state index in [-0.39, 0.29) is 25.0 Å². The van der Waals surface area contributed by atoms with E-state index in [1.165, 1.54) is 12.8 Å². The van der Waals surface area contributed by atoms with Crippen molar-refractivity contribution in [3.8, 4) is 5.88 Å². The summed E-state index contributed by atoms with van der Waals surface area (Å²) in [7, 11) is 0. The van der Waals surface area contributed by atoms with E-state index in [1.807, 2.05) is 6.07 Å². The molecule has 2 N–H and O–H groups in total. The molecule has 5 rings (SSSR count). The molecule has 3 aliphatic rings. The van der Waals surface area contributed by atoms with E-state index in [9.17, 15) is 9.90 Å². The Hall–Kier alpha value is -2.46. The van der Waals surface area contributed by atoms with Gasteiger partial charge in [0.2, 0.25) is 11.8 Å². The van der Waals surface area contributed by atoms with Crippen molar-refractivity contribution in [1.29, 1.82) is 0 Å². The standard InChI is InChI=1S/C26H34ClN5O4/c27-22-15-19(1-2-20(22)17-33)18-36-24-21(23(34)28-7-10-31-11-13-35-14-12-31)16-29-25(30-24)32-8-5-26(3-4-26)6-9-32/h1-2,15-16,33H,3-14,17-18H2,(H,28,34). The molecule has 1 aliphatic carbocycles. The topological polar surface area (TPSA) is 100 Å². The van der Waals surface area contributed by atoms with Gasteiger partial charge in [0.1, 0.15) is 12.2 Å². The van der Waals surface area contributed by atoms with E-state index < -0.39 is 0 Å². The average Bonchev–Trinajstić information content (AvgIpc) is 3.67. The minimum absolute atomic E-state index is 0.124. The van der Waals surface area contributed by atoms with Crippen molar-refractivity contribution in [2.24, 2.45) is 5.41 Å². The summed E-state index contributed by atoms with van der Waals surface area (Å²) in [6, 6.07) is 5.38. The van der Waals surface area contributed by atoms with Gasteiger partial charge in [-0.3, -0.25) is 9.69 Å². The second kappa shape index (κ2) is 11.3. The van der Waals surface area contributed by atoms with Crippen LogP contribution in [0.1, 0.15) is 47.2 Å². The molecule has 0 radical (unpaired) electrons. The zero-order chi connectivity index (χ0) is 25.0. The van der Waals surface area contributed by atoms with E-state index in [0.29, 0.717) is 34.1 Å². The van der Waals surface area contributed by atoms with Crippen LogP contribution in [-0.2, 0) is 18.0 Å². The Morgan fingerprint density at radius 2 is 1.94 bits per heavy atom. The highest BCUT2D eigenvalue weighted by Crippen LogP contribution is 2.53. The lowest BCUT2D eigenvalue weighted by molar-refractivity contribution is 0.0383. The van der Waals surface area contributed by atoms with E-state index in [0.717, 1.165) is 64.3 Å². The van der Waals surface area contributed by atoms with E-state index in [2.05, 4.69) is 25.1 Å². The van der Waals surface area contributed by atoms with Gasteiger partial charge in [0.15, 0.2) is 0 Å². The lowest BCUT2D eigenvalue weighted by Gasteiger charge is -2.32. The molecule has 1 amide bonds. The fourth-order valence-electron chi connectivity index (χ4n) is 4.84. The van der Waals surface area contributed by atoms with Crippen LogP contribution < -0.4 is 15.0 Å². The van der Waals surface area contributed by atoms with Gasteiger partial charge in [-0.15, -0.1) is 0 Å². The number of morpholine rings is 1. The molecular weight excluding hydrogens is 482 g/mol. The number of halogens is 1. The van der Waals surface area contributed by atoms with Crippen molar-refractivity contribution in [1.82, 2.24) is 20.2 Å². The number of ether oxygens (including phenoxy) is 2. The third-order valence-electron chi connectivity index (χ3n) is 7.53. The molecule has 1 spiro atoms. The molecule has 1 saturated carbocycles. The number of hydrogen-bond acceptors (Lipinski definition) is 8. The van der Waals surface area contributed by atoms with Gasteiger partial charge in [-0.25, -0.2) is 4.98 Å². The molecule has 0 unspecified atom stereocenters. The maximum absolute atomic E-state index is 13.1. The molecule has 1 aromatic carbocycles. The first kappa shape index (κ1) is 25.2. The molecule has 10 heteroatoms. The Morgan fingerprint density at radius 3 is 2.64 bits per heavy atom. The number of hydrogen-bond donors (Lipinski definition) is 2. The number of rotatable bonds is 9. The van der Waals surface area contributed by atoms with Crippen LogP contribution in [0.15, 0.2) is 24.4 Å². The van der Waals surface area contributed by atoms with Crippen LogP contribution in [0.5, 0.6) is 5.88 Å². The number of carbonyl (C=O) groups excluding carboxylic acids is 1. The highest BCUT2D eigenvalue weighted by molar-refractivity contribution is 6.31. The summed E-state index contributed by atoms with van der Waals surface area (Å²) in [5, 5.41) is 12.8. The van der Waals surface area contributed by atoms with Gasteiger partial charge in [0.25, 0.3) is 5.91 Å². The largest absolute Gasteiger partial charge is 0.472 e. The zero-order valence-corrected chi connectivity index (χ0v) is 21.3. The number of nitrogens with one attached hydrogen (secondary N) is 1. The first-order valence-electron chi connectivity index (χ1n) is 12.8. The predicted molar refractivity (Wildman–Crippen MR) is 136 cm³/mol. The van der Waals surface area contributed by atoms with Gasteiger partial charge in [0.05, 0.1) is 19.8 Å². The smallest absolute Gasteiger partial charge is 0.258 e. The van der Waals surface area contributed by atoms with Gasteiger partial charge in [0, 0.05) is 50.5 Å². The number of nitrogens with zero attached hydrogens (tertiary/aromatic N) is 4. The third-order valence-corrected chi connectivity index (χ3v) is 7.88. The van der Waals surface area contributed by atoms with Gasteiger partial charge in [-0.05, 0) is 48.3 Å². The zero-order valence-electron chi connectivity index (χ0n) is 20.5. The number of amides is 1. The van der Waals surface area contributed by atoms with Crippen molar-refractivity contribution in [2.45, 2.75) is 38.9 Å². The van der Waals surface area contributed by atoms with Gasteiger partial charge in [-0.2, -0.15) is 4.98 Å². The van der Waals surface area contributed by atoms with Crippen molar-refractivity contribution < 1.29 is 19.4 Å². The third kappa shape index (κ3) is 6.08. The van der Waals surface area contributed by atoms with Crippen LogP contribution >= 0.6 is 11.6 Å². The first-order valence-corrected chi connectivity index (χ1v) is 13.1. The van der Waals surface area contributed by atoms with Crippen LogP contribution in [0.2, 0.25) is 5.02 Å². The van der Waals surface area contributed by atoms with E-state index >= 15 is 0 Å². The van der Waals surface area contributed by atoms with Crippen molar-refractivity contribution in [2.75, 3.05) is 57.4 Å². The van der Waals surface area contributed by atoms with Gasteiger partial charge < -0.3 is 24.8 Å². The number of aliphatic hydroxyl groups excluding tert-OH is 1. The van der Waals surface area contributed by atoms with Crippen molar-refractivity contribution in [3.63, 3.8) is 0 Å². The van der Waals surface area contributed by atoms with Crippen LogP contribution in [0, 0.1) is 5.41 Å². The number of benzene rings is 1. The van der Waals surface area contributed by atoms with Crippen molar-refractivity contribution >= 4 is 23.5 Å². The Kier molecular flexibility index (Phi) is 7.90. The van der Waals surface area contributed by atoms with Crippen LogP contribution in [0.25, 0.3) is 0 Å². The van der Waals surface area contributed by atoms with Crippen LogP contribution in [-0.4, -0.2) is 78.4 Å². The Bertz CT molecular complexity index is 1060. The molecule has 2 aliphatic heterocycles. The minimum Gasteiger partial charge on any atom is -0.472 e. The van der Waals surface area contributed by atoms with Crippen molar-refractivity contribution in [3.05, 3.63) is 46.1 Å². The molecule has 3 heterocycles. The Balaban J connectivity index is 1.28. The van der Waals surface area contributed by atoms with Crippen LogP contribution in [0.4, 0.5) is 5.95 Å². The molecule has 2 aromatic rings. The highest BCUT2D eigenvalue weighted by Gasteiger charge is 2.44. The molecule has 0 atom stereocenters. The number of anilines is 1. The summed E-state index contributed by atoms with van der Waals surface area (Å²) in [5.41, 5.74) is 2.35. The molecule has 2 saturated heterocycles. The summed E-state index contributed by atoms with van der Waals surface area (Å²) in [6.45, 7) is 6.38. The van der Waals surface area contributed by atoms with E-state index in [1.54, 1.807) is 18.3 Å². The molecular formula is C26H34ClN5O4. The quantitative estimate of drug-likeness (QED) is 0.526. The number of piperidine rings is 1. The maximum Gasteiger partial charge on any atom is 0.258 e. The molecule has 0 bridgehead atoms. The second-order valence-electron chi connectivity index (χ2n) is 9.96. The number of aliphatic hydroxyl groups is 1. The first-order chi connectivity index (χ1) is 17.5. The Morgan fingerprint density at radius 1 is 1.17 bits per heavy atom. The molecule has 36 heavy (non-hydrogen) atoms. The SMILES string of the molecule is O=C(NCCN1CCOCC1)c1cnc(N2CCC3(CC2)CC3)nc1OCc1ccc(CO)c(Cl)c1. The normalized spacial score (nSPS) is 19.3. The van der Waals surface area contributed by atoms with Gasteiger partial charge in [-0.1, -0.05) is 23.7 Å². The Labute approximate surface area is 216 Å². The fourth-order valence-corrected chi connectivity index (χ4v) is 5.10. The summed E-state index contributed by atoms with van der Waals surface area (Å²) < 4.78 is 11.5. The summed E-state index contributed by atoms with van der Waals surface area (Å²) in [5.74, 6) is 0.603. The number of aromatic nitrogens is 2. The van der Waals surface area contributed by atoms with Crippen LogP contribution in [0.3, 0.4) is 0 Å². The summed E-state index contributed by atoms with van der Waals surface area (Å²) in [6.07, 6.45) is 6.55. The highest BCUT2D eigenvalue weighted by atomic mass is 35.5. The van der Waals surface area contributed by atoms with Gasteiger partial charge >= 0.3 is 0 Å².